The van der Waals surface area contributed by atoms with Gasteiger partial charge >= 0.3 is 0 Å². The molecule has 0 rings (SSSR count). The van der Waals surface area contributed by atoms with Crippen molar-refractivity contribution >= 4 is 0 Å². The summed E-state index contributed by atoms with van der Waals surface area (Å²) in [4.78, 5) is 0. The highest BCUT2D eigenvalue weighted by atomic mass is 14.1. The molecule has 0 aromatic rings. The molecule has 0 saturated heterocycles. The van der Waals surface area contributed by atoms with E-state index < -0.39 is 0 Å². The first kappa shape index (κ1) is 9.12. The lowest BCUT2D eigenvalue weighted by atomic mass is 9.90. The molecule has 0 N–H and O–H groups in total. The van der Waals surface area contributed by atoms with Gasteiger partial charge in [0.1, 0.15) is 0 Å². The van der Waals surface area contributed by atoms with Gasteiger partial charge < -0.3 is 0 Å². The van der Waals surface area contributed by atoms with Crippen molar-refractivity contribution < 1.29 is 0 Å². The van der Waals surface area contributed by atoms with Gasteiger partial charge in [0.25, 0.3) is 0 Å². The number of rotatable bonds is 3. The largest absolute Gasteiger partial charge is 0.120 e. The molecule has 0 bridgehead atoms. The molecule has 54 valence electrons. The quantitative estimate of drug-likeness (QED) is 0.519. The predicted octanol–water partition coefficient (Wildman–Crippen LogP) is 2.31. The van der Waals surface area contributed by atoms with Gasteiger partial charge in [0.15, 0.2) is 0 Å². The van der Waals surface area contributed by atoms with Crippen LogP contribution in [0.5, 0.6) is 0 Å². The topological polar surface area (TPSA) is 0 Å². The van der Waals surface area contributed by atoms with Gasteiger partial charge in [-0.05, 0) is 11.8 Å². The summed E-state index contributed by atoms with van der Waals surface area (Å²) in [6.07, 6.45) is 12.0. The van der Waals surface area contributed by atoms with E-state index in [1.165, 1.54) is 0 Å². The Labute approximate surface area is 64.0 Å². The van der Waals surface area contributed by atoms with Crippen molar-refractivity contribution in [3.8, 4) is 24.7 Å². The van der Waals surface area contributed by atoms with E-state index in [2.05, 4.69) is 25.7 Å². The Morgan fingerprint density at radius 3 is 1.70 bits per heavy atom. The highest BCUT2D eigenvalue weighted by Crippen LogP contribution is 2.17. The predicted molar refractivity (Wildman–Crippen MR) is 45.2 cm³/mol. The Kier molecular flexibility index (Phi) is 4.51. The standard InChI is InChI=1S/C10H14/c1-5-7-10(8-6-2)9(3)4/h1-2,9-10H,7-8H2,3-4H3. The molecule has 0 aromatic heterocycles. The van der Waals surface area contributed by atoms with Crippen LogP contribution in [0.3, 0.4) is 0 Å². The van der Waals surface area contributed by atoms with Crippen molar-refractivity contribution in [1.29, 1.82) is 0 Å². The lowest BCUT2D eigenvalue weighted by Crippen LogP contribution is -2.06. The average molecular weight is 134 g/mol. The molecule has 0 aliphatic heterocycles. The second kappa shape index (κ2) is 4.95. The molecule has 0 spiro atoms. The van der Waals surface area contributed by atoms with E-state index in [1.54, 1.807) is 0 Å². The van der Waals surface area contributed by atoms with E-state index in [0.29, 0.717) is 11.8 Å². The van der Waals surface area contributed by atoms with Crippen LogP contribution in [-0.2, 0) is 0 Å². The number of hydrogen-bond acceptors (Lipinski definition) is 0. The highest BCUT2D eigenvalue weighted by Gasteiger charge is 2.09. The Bertz CT molecular complexity index is 136. The summed E-state index contributed by atoms with van der Waals surface area (Å²) in [7, 11) is 0. The van der Waals surface area contributed by atoms with E-state index in [1.807, 2.05) is 0 Å². The van der Waals surface area contributed by atoms with Gasteiger partial charge in [-0.1, -0.05) is 13.8 Å². The van der Waals surface area contributed by atoms with Crippen molar-refractivity contribution in [3.63, 3.8) is 0 Å². The van der Waals surface area contributed by atoms with E-state index in [0.717, 1.165) is 12.8 Å². The van der Waals surface area contributed by atoms with E-state index >= 15 is 0 Å². The van der Waals surface area contributed by atoms with Gasteiger partial charge in [-0.2, -0.15) is 0 Å². The maximum atomic E-state index is 5.18. The first-order valence-electron chi connectivity index (χ1n) is 3.59. The second-order valence-corrected chi connectivity index (χ2v) is 2.82. The van der Waals surface area contributed by atoms with E-state index in [-0.39, 0.29) is 0 Å². The minimum Gasteiger partial charge on any atom is -0.120 e. The van der Waals surface area contributed by atoms with Crippen molar-refractivity contribution in [3.05, 3.63) is 0 Å². The first-order valence-corrected chi connectivity index (χ1v) is 3.59. The Morgan fingerprint density at radius 2 is 1.50 bits per heavy atom. The van der Waals surface area contributed by atoms with Crippen molar-refractivity contribution in [2.75, 3.05) is 0 Å². The van der Waals surface area contributed by atoms with Crippen molar-refractivity contribution in [1.82, 2.24) is 0 Å². The summed E-state index contributed by atoms with van der Waals surface area (Å²) in [6, 6.07) is 0. The zero-order valence-corrected chi connectivity index (χ0v) is 6.72. The van der Waals surface area contributed by atoms with Crippen LogP contribution in [0, 0.1) is 36.5 Å². The average Bonchev–Trinajstić information content (AvgIpc) is 1.87. The zero-order chi connectivity index (χ0) is 7.98. The highest BCUT2D eigenvalue weighted by molar-refractivity contribution is 4.94. The van der Waals surface area contributed by atoms with Crippen LogP contribution in [0.4, 0.5) is 0 Å². The lowest BCUT2D eigenvalue weighted by molar-refractivity contribution is 0.402. The molecular weight excluding hydrogens is 120 g/mol. The minimum atomic E-state index is 0.509. The third-order valence-electron chi connectivity index (χ3n) is 1.70. The van der Waals surface area contributed by atoms with Crippen LogP contribution in [-0.4, -0.2) is 0 Å². The van der Waals surface area contributed by atoms with Crippen LogP contribution in [0.15, 0.2) is 0 Å². The molecule has 0 heteroatoms. The molecule has 0 aliphatic rings. The Hall–Kier alpha value is -0.880. The van der Waals surface area contributed by atoms with Gasteiger partial charge in [0.05, 0.1) is 0 Å². The summed E-state index contributed by atoms with van der Waals surface area (Å²) in [5.41, 5.74) is 0. The van der Waals surface area contributed by atoms with Crippen LogP contribution in [0.1, 0.15) is 26.7 Å². The summed E-state index contributed by atoms with van der Waals surface area (Å²) in [5.74, 6) is 6.39. The van der Waals surface area contributed by atoms with Crippen LogP contribution in [0.25, 0.3) is 0 Å². The van der Waals surface area contributed by atoms with Crippen LogP contribution < -0.4 is 0 Å². The fourth-order valence-electron chi connectivity index (χ4n) is 0.846. The van der Waals surface area contributed by atoms with Gasteiger partial charge in [-0.25, -0.2) is 0 Å². The molecule has 0 aromatic carbocycles. The summed E-state index contributed by atoms with van der Waals surface area (Å²) < 4.78 is 0. The fraction of sp³-hybridized carbons (Fsp3) is 0.600. The number of terminal acetylenes is 2. The Balaban J connectivity index is 3.78. The smallest absolute Gasteiger partial charge is 0.0126 e. The zero-order valence-electron chi connectivity index (χ0n) is 6.72. The second-order valence-electron chi connectivity index (χ2n) is 2.82. The summed E-state index contributed by atoms with van der Waals surface area (Å²) in [6.45, 7) is 4.30. The SMILES string of the molecule is C#CCC(CC#C)C(C)C. The maximum Gasteiger partial charge on any atom is 0.0126 e. The fourth-order valence-corrected chi connectivity index (χ4v) is 0.846. The lowest BCUT2D eigenvalue weighted by Gasteiger charge is -2.14. The molecule has 0 radical (unpaired) electrons. The molecule has 0 aliphatic carbocycles. The van der Waals surface area contributed by atoms with Crippen LogP contribution >= 0.6 is 0 Å². The van der Waals surface area contributed by atoms with Gasteiger partial charge in [-0.3, -0.25) is 0 Å². The molecule has 0 heterocycles. The summed E-state index contributed by atoms with van der Waals surface area (Å²) in [5, 5.41) is 0. The molecule has 0 atom stereocenters. The molecule has 0 nitrogen and oxygen atoms in total. The minimum absolute atomic E-state index is 0.509. The van der Waals surface area contributed by atoms with Gasteiger partial charge in [-0.15, -0.1) is 24.7 Å². The number of hydrogen-bond donors (Lipinski definition) is 0. The van der Waals surface area contributed by atoms with Crippen molar-refractivity contribution in [2.45, 2.75) is 26.7 Å². The van der Waals surface area contributed by atoms with E-state index in [9.17, 15) is 0 Å². The molecule has 0 amide bonds. The first-order chi connectivity index (χ1) is 4.72. The summed E-state index contributed by atoms with van der Waals surface area (Å²) >= 11 is 0. The third kappa shape index (κ3) is 3.21. The molecule has 0 saturated carbocycles. The normalized spacial score (nSPS) is 9.40. The molecule has 0 unspecified atom stereocenters. The third-order valence-corrected chi connectivity index (χ3v) is 1.70. The van der Waals surface area contributed by atoms with Crippen molar-refractivity contribution in [2.24, 2.45) is 11.8 Å². The van der Waals surface area contributed by atoms with E-state index in [4.69, 9.17) is 12.8 Å². The molecule has 0 fully saturated rings. The monoisotopic (exact) mass is 134 g/mol. The molecule has 10 heavy (non-hydrogen) atoms. The molecular formula is C10H14. The Morgan fingerprint density at radius 1 is 1.10 bits per heavy atom. The van der Waals surface area contributed by atoms with Gasteiger partial charge in [0, 0.05) is 12.8 Å². The maximum absolute atomic E-state index is 5.18. The van der Waals surface area contributed by atoms with Crippen LogP contribution in [0.2, 0.25) is 0 Å². The van der Waals surface area contributed by atoms with Gasteiger partial charge in [0.2, 0.25) is 0 Å².